The van der Waals surface area contributed by atoms with Gasteiger partial charge in [0.15, 0.2) is 22.8 Å². The Bertz CT molecular complexity index is 1110. The molecule has 0 aliphatic carbocycles. The summed E-state index contributed by atoms with van der Waals surface area (Å²) in [7, 11) is 4.35. The van der Waals surface area contributed by atoms with E-state index < -0.39 is 0 Å². The molecule has 0 spiro atoms. The van der Waals surface area contributed by atoms with E-state index in [9.17, 15) is 0 Å². The van der Waals surface area contributed by atoms with Gasteiger partial charge in [0.2, 0.25) is 5.95 Å². The number of aryl methyl sites for hydroxylation is 1. The van der Waals surface area contributed by atoms with Crippen LogP contribution in [0.1, 0.15) is 25.6 Å². The van der Waals surface area contributed by atoms with Crippen molar-refractivity contribution in [2.45, 2.75) is 38.9 Å². The lowest BCUT2D eigenvalue weighted by Gasteiger charge is -2.34. The molecule has 0 aromatic carbocycles. The number of fused-ring (bicyclic) bond motifs is 1. The fourth-order valence-electron chi connectivity index (χ4n) is 4.86. The Kier molecular flexibility index (Phi) is 6.57. The standard InChI is InChI=1S/C23H34N10O/c1-4-33-18(15-31-7-5-17(6-8-31)30(2)3)27-19-21(32-9-11-34-12-10-32)28-20(29-22(19)33)16-13-25-23(24)26-14-16/h13-14,17H,4-12,15H2,1-3H3,(H2,24,25,26). The largest absolute Gasteiger partial charge is 0.378 e. The van der Waals surface area contributed by atoms with Gasteiger partial charge in [-0.1, -0.05) is 0 Å². The topological polar surface area (TPSA) is 114 Å². The Morgan fingerprint density at radius 2 is 1.74 bits per heavy atom. The van der Waals surface area contributed by atoms with Gasteiger partial charge in [-0.25, -0.2) is 24.9 Å². The summed E-state index contributed by atoms with van der Waals surface area (Å²) >= 11 is 0. The third kappa shape index (κ3) is 4.55. The average Bonchev–Trinajstić information content (AvgIpc) is 3.21. The van der Waals surface area contributed by atoms with Crippen molar-refractivity contribution >= 4 is 22.9 Å². The third-order valence-electron chi connectivity index (χ3n) is 6.86. The second kappa shape index (κ2) is 9.77. The van der Waals surface area contributed by atoms with Gasteiger partial charge in [0, 0.05) is 51.2 Å². The highest BCUT2D eigenvalue weighted by Crippen LogP contribution is 2.29. The zero-order valence-corrected chi connectivity index (χ0v) is 20.3. The van der Waals surface area contributed by atoms with Gasteiger partial charge in [0.05, 0.1) is 25.3 Å². The van der Waals surface area contributed by atoms with Crippen LogP contribution in [0.5, 0.6) is 0 Å². The lowest BCUT2D eigenvalue weighted by Crippen LogP contribution is -2.41. The van der Waals surface area contributed by atoms with Crippen LogP contribution >= 0.6 is 0 Å². The van der Waals surface area contributed by atoms with E-state index in [1.54, 1.807) is 12.4 Å². The fraction of sp³-hybridized carbons (Fsp3) is 0.609. The molecular formula is C23H34N10O. The second-order valence-electron chi connectivity index (χ2n) is 9.22. The number of rotatable bonds is 6. The number of aromatic nitrogens is 6. The van der Waals surface area contributed by atoms with Gasteiger partial charge < -0.3 is 24.8 Å². The zero-order valence-electron chi connectivity index (χ0n) is 20.3. The van der Waals surface area contributed by atoms with Crippen molar-refractivity contribution < 1.29 is 4.74 Å². The van der Waals surface area contributed by atoms with Crippen LogP contribution in [0.3, 0.4) is 0 Å². The first kappa shape index (κ1) is 22.9. The first-order chi connectivity index (χ1) is 16.5. The average molecular weight is 467 g/mol. The number of nitrogens with zero attached hydrogens (tertiary/aromatic N) is 9. The molecule has 0 unspecified atom stereocenters. The minimum absolute atomic E-state index is 0.233. The molecular weight excluding hydrogens is 432 g/mol. The van der Waals surface area contributed by atoms with Crippen molar-refractivity contribution in [3.8, 4) is 11.4 Å². The van der Waals surface area contributed by atoms with Crippen LogP contribution in [0.2, 0.25) is 0 Å². The molecule has 2 saturated heterocycles. The van der Waals surface area contributed by atoms with E-state index in [4.69, 9.17) is 25.4 Å². The minimum Gasteiger partial charge on any atom is -0.378 e. The van der Waals surface area contributed by atoms with Crippen LogP contribution in [0.25, 0.3) is 22.6 Å². The summed E-state index contributed by atoms with van der Waals surface area (Å²) in [4.78, 5) is 30.3. The number of hydrogen-bond acceptors (Lipinski definition) is 10. The molecule has 0 amide bonds. The van der Waals surface area contributed by atoms with E-state index in [0.29, 0.717) is 25.1 Å². The number of ether oxygens (including phenoxy) is 1. The predicted molar refractivity (Wildman–Crippen MR) is 131 cm³/mol. The molecule has 2 fully saturated rings. The highest BCUT2D eigenvalue weighted by molar-refractivity contribution is 5.86. The molecule has 3 aromatic rings. The first-order valence-corrected chi connectivity index (χ1v) is 12.1. The summed E-state index contributed by atoms with van der Waals surface area (Å²) in [6.45, 7) is 8.79. The number of hydrogen-bond donors (Lipinski definition) is 1. The maximum Gasteiger partial charge on any atom is 0.219 e. The second-order valence-corrected chi connectivity index (χ2v) is 9.22. The summed E-state index contributed by atoms with van der Waals surface area (Å²) in [5.74, 6) is 2.70. The van der Waals surface area contributed by atoms with Gasteiger partial charge in [0.25, 0.3) is 0 Å². The summed E-state index contributed by atoms with van der Waals surface area (Å²) < 4.78 is 7.81. The molecule has 0 bridgehead atoms. The Morgan fingerprint density at radius 3 is 2.38 bits per heavy atom. The van der Waals surface area contributed by atoms with Crippen molar-refractivity contribution in [1.29, 1.82) is 0 Å². The first-order valence-electron chi connectivity index (χ1n) is 12.1. The van der Waals surface area contributed by atoms with Crippen LogP contribution in [0, 0.1) is 0 Å². The van der Waals surface area contributed by atoms with E-state index in [-0.39, 0.29) is 5.95 Å². The Hall–Kier alpha value is -2.89. The normalized spacial score (nSPS) is 18.3. The lowest BCUT2D eigenvalue weighted by atomic mass is 10.0. The molecule has 2 aliphatic rings. The van der Waals surface area contributed by atoms with Crippen molar-refractivity contribution in [2.75, 3.05) is 64.1 Å². The minimum atomic E-state index is 0.233. The molecule has 182 valence electrons. The highest BCUT2D eigenvalue weighted by atomic mass is 16.5. The van der Waals surface area contributed by atoms with Gasteiger partial charge in [-0.15, -0.1) is 0 Å². The van der Waals surface area contributed by atoms with Crippen LogP contribution in [0.15, 0.2) is 12.4 Å². The number of likely N-dealkylation sites (tertiary alicyclic amines) is 1. The maximum atomic E-state index is 5.70. The predicted octanol–water partition coefficient (Wildman–Crippen LogP) is 1.25. The highest BCUT2D eigenvalue weighted by Gasteiger charge is 2.26. The summed E-state index contributed by atoms with van der Waals surface area (Å²) in [5.41, 5.74) is 8.14. The van der Waals surface area contributed by atoms with Crippen LogP contribution in [0.4, 0.5) is 11.8 Å². The van der Waals surface area contributed by atoms with E-state index in [0.717, 1.165) is 67.6 Å². The molecule has 5 heterocycles. The number of morpholine rings is 1. The molecule has 0 atom stereocenters. The smallest absolute Gasteiger partial charge is 0.219 e. The third-order valence-corrected chi connectivity index (χ3v) is 6.86. The number of nitrogen functional groups attached to an aromatic ring is 1. The Morgan fingerprint density at radius 1 is 1.03 bits per heavy atom. The molecule has 11 heteroatoms. The molecule has 34 heavy (non-hydrogen) atoms. The van der Waals surface area contributed by atoms with Gasteiger partial charge in [-0.05, 0) is 33.9 Å². The van der Waals surface area contributed by atoms with Gasteiger partial charge in [0.1, 0.15) is 5.82 Å². The number of piperidine rings is 1. The van der Waals surface area contributed by atoms with E-state index >= 15 is 0 Å². The Labute approximate surface area is 200 Å². The van der Waals surface area contributed by atoms with E-state index in [2.05, 4.69) is 50.3 Å². The van der Waals surface area contributed by atoms with Crippen LogP contribution in [-0.2, 0) is 17.8 Å². The lowest BCUT2D eigenvalue weighted by molar-refractivity contribution is 0.122. The Balaban J connectivity index is 1.53. The molecule has 11 nitrogen and oxygen atoms in total. The molecule has 2 aliphatic heterocycles. The molecule has 3 aromatic heterocycles. The number of nitrogens with two attached hydrogens (primary N) is 1. The van der Waals surface area contributed by atoms with E-state index in [1.807, 2.05) is 0 Å². The quantitative estimate of drug-likeness (QED) is 0.569. The van der Waals surface area contributed by atoms with E-state index in [1.165, 1.54) is 12.8 Å². The summed E-state index contributed by atoms with van der Waals surface area (Å²) in [6.07, 6.45) is 5.71. The fourth-order valence-corrected chi connectivity index (χ4v) is 4.86. The number of anilines is 2. The molecule has 0 radical (unpaired) electrons. The monoisotopic (exact) mass is 466 g/mol. The summed E-state index contributed by atoms with van der Waals surface area (Å²) in [6, 6.07) is 0.657. The van der Waals surface area contributed by atoms with Crippen molar-refractivity contribution in [3.63, 3.8) is 0 Å². The van der Waals surface area contributed by atoms with Crippen molar-refractivity contribution in [2.24, 2.45) is 0 Å². The van der Waals surface area contributed by atoms with Crippen molar-refractivity contribution in [1.82, 2.24) is 39.3 Å². The summed E-state index contributed by atoms with van der Waals surface area (Å²) in [5, 5.41) is 0. The molecule has 5 rings (SSSR count). The van der Waals surface area contributed by atoms with Crippen molar-refractivity contribution in [3.05, 3.63) is 18.2 Å². The van der Waals surface area contributed by atoms with Crippen LogP contribution < -0.4 is 10.6 Å². The SMILES string of the molecule is CCn1c(CN2CCC(N(C)C)CC2)nc2c(N3CCOCC3)nc(-c3cnc(N)nc3)nc21. The van der Waals surface area contributed by atoms with Crippen LogP contribution in [-0.4, -0.2) is 98.8 Å². The zero-order chi connectivity index (χ0) is 23.7. The molecule has 0 saturated carbocycles. The molecule has 2 N–H and O–H groups in total. The van der Waals surface area contributed by atoms with Gasteiger partial charge in [-0.2, -0.15) is 0 Å². The maximum absolute atomic E-state index is 5.70. The van der Waals surface area contributed by atoms with Gasteiger partial charge in [-0.3, -0.25) is 4.90 Å². The number of imidazole rings is 1. The van der Waals surface area contributed by atoms with Gasteiger partial charge >= 0.3 is 0 Å².